The van der Waals surface area contributed by atoms with Crippen LogP contribution >= 0.6 is 0 Å². The summed E-state index contributed by atoms with van der Waals surface area (Å²) in [5.74, 6) is 0.121. The number of rotatable bonds is 1. The van der Waals surface area contributed by atoms with Crippen LogP contribution in [-0.2, 0) is 17.8 Å². The normalized spacial score (nSPS) is 14.3. The molecule has 0 radical (unpaired) electrons. The van der Waals surface area contributed by atoms with Crippen molar-refractivity contribution in [2.75, 3.05) is 6.54 Å². The van der Waals surface area contributed by atoms with Crippen molar-refractivity contribution in [3.63, 3.8) is 0 Å². The first kappa shape index (κ1) is 12.0. The summed E-state index contributed by atoms with van der Waals surface area (Å²) in [4.78, 5) is 17.5. The second-order valence-corrected chi connectivity index (χ2v) is 5.36. The molecule has 0 saturated heterocycles. The van der Waals surface area contributed by atoms with E-state index in [9.17, 15) is 4.79 Å². The van der Waals surface area contributed by atoms with Crippen LogP contribution < -0.4 is 0 Å². The van der Waals surface area contributed by atoms with Crippen LogP contribution in [0.3, 0.4) is 0 Å². The SMILES string of the molecule is CC(C)=CC(=O)N1CCc2[nH]c3ccccc3c2C1. The van der Waals surface area contributed by atoms with Crippen LogP contribution in [0.5, 0.6) is 0 Å². The Bertz CT molecular complexity index is 662. The second-order valence-electron chi connectivity index (χ2n) is 5.36. The molecule has 0 saturated carbocycles. The standard InChI is InChI=1S/C16H18N2O/c1-11(2)9-16(19)18-8-7-15-13(10-18)12-5-3-4-6-14(12)17-15/h3-6,9,17H,7-8,10H2,1-2H3. The zero-order valence-corrected chi connectivity index (χ0v) is 11.4. The van der Waals surface area contributed by atoms with Crippen molar-refractivity contribution in [1.82, 2.24) is 9.88 Å². The minimum Gasteiger partial charge on any atom is -0.358 e. The van der Waals surface area contributed by atoms with E-state index in [0.717, 1.165) is 18.5 Å². The number of aromatic amines is 1. The van der Waals surface area contributed by atoms with Gasteiger partial charge in [-0.15, -0.1) is 0 Å². The molecule has 0 bridgehead atoms. The summed E-state index contributed by atoms with van der Waals surface area (Å²) >= 11 is 0. The molecule has 0 aliphatic carbocycles. The Labute approximate surface area is 112 Å². The van der Waals surface area contributed by atoms with Gasteiger partial charge in [-0.3, -0.25) is 4.79 Å². The first-order valence-electron chi connectivity index (χ1n) is 6.67. The Kier molecular flexibility index (Phi) is 2.90. The molecule has 1 aliphatic rings. The van der Waals surface area contributed by atoms with E-state index >= 15 is 0 Å². The number of allylic oxidation sites excluding steroid dienone is 1. The number of benzene rings is 1. The molecule has 0 atom stereocenters. The van der Waals surface area contributed by atoms with Gasteiger partial charge in [0.2, 0.25) is 5.91 Å². The summed E-state index contributed by atoms with van der Waals surface area (Å²) in [5.41, 5.74) is 4.78. The average molecular weight is 254 g/mol. The van der Waals surface area contributed by atoms with Crippen LogP contribution in [0.1, 0.15) is 25.1 Å². The van der Waals surface area contributed by atoms with Gasteiger partial charge in [0.15, 0.2) is 0 Å². The number of nitrogens with one attached hydrogen (secondary N) is 1. The predicted octanol–water partition coefficient (Wildman–Crippen LogP) is 3.02. The van der Waals surface area contributed by atoms with E-state index in [1.165, 1.54) is 22.2 Å². The van der Waals surface area contributed by atoms with Gasteiger partial charge in [-0.1, -0.05) is 23.8 Å². The summed E-state index contributed by atoms with van der Waals surface area (Å²) in [6.45, 7) is 5.42. The van der Waals surface area contributed by atoms with Gasteiger partial charge in [-0.2, -0.15) is 0 Å². The van der Waals surface area contributed by atoms with Crippen LogP contribution in [0.25, 0.3) is 10.9 Å². The van der Waals surface area contributed by atoms with E-state index in [-0.39, 0.29) is 5.91 Å². The molecule has 0 unspecified atom stereocenters. The number of hydrogen-bond acceptors (Lipinski definition) is 1. The number of carbonyl (C=O) groups is 1. The lowest BCUT2D eigenvalue weighted by Crippen LogP contribution is -2.34. The third-order valence-electron chi connectivity index (χ3n) is 3.61. The van der Waals surface area contributed by atoms with Crippen LogP contribution in [0.4, 0.5) is 0 Å². The molecule has 19 heavy (non-hydrogen) atoms. The summed E-state index contributed by atoms with van der Waals surface area (Å²) in [5, 5.41) is 1.24. The van der Waals surface area contributed by atoms with Crippen molar-refractivity contribution in [3.8, 4) is 0 Å². The third-order valence-corrected chi connectivity index (χ3v) is 3.61. The fraction of sp³-hybridized carbons (Fsp3) is 0.312. The lowest BCUT2D eigenvalue weighted by molar-refractivity contribution is -0.126. The van der Waals surface area contributed by atoms with Crippen molar-refractivity contribution >= 4 is 16.8 Å². The third kappa shape index (κ3) is 2.16. The van der Waals surface area contributed by atoms with Gasteiger partial charge in [-0.25, -0.2) is 0 Å². The first-order valence-corrected chi connectivity index (χ1v) is 6.67. The maximum absolute atomic E-state index is 12.1. The molecular formula is C16H18N2O. The highest BCUT2D eigenvalue weighted by molar-refractivity contribution is 5.90. The number of H-pyrrole nitrogens is 1. The number of aromatic nitrogens is 1. The van der Waals surface area contributed by atoms with Gasteiger partial charge in [-0.05, 0) is 19.9 Å². The molecule has 1 aromatic heterocycles. The molecule has 2 aromatic rings. The summed E-state index contributed by atoms with van der Waals surface area (Å²) < 4.78 is 0. The molecular weight excluding hydrogens is 236 g/mol. The van der Waals surface area contributed by atoms with E-state index < -0.39 is 0 Å². The molecule has 3 nitrogen and oxygen atoms in total. The van der Waals surface area contributed by atoms with Crippen molar-refractivity contribution in [2.24, 2.45) is 0 Å². The molecule has 3 rings (SSSR count). The van der Waals surface area contributed by atoms with E-state index in [1.807, 2.05) is 30.9 Å². The molecule has 2 heterocycles. The molecule has 3 heteroatoms. The quantitative estimate of drug-likeness (QED) is 0.780. The van der Waals surface area contributed by atoms with Crippen LogP contribution in [0.2, 0.25) is 0 Å². The van der Waals surface area contributed by atoms with Gasteiger partial charge >= 0.3 is 0 Å². The second kappa shape index (κ2) is 4.57. The lowest BCUT2D eigenvalue weighted by atomic mass is 10.0. The fourth-order valence-corrected chi connectivity index (χ4v) is 2.69. The minimum atomic E-state index is 0.121. The molecule has 1 aliphatic heterocycles. The highest BCUT2D eigenvalue weighted by Crippen LogP contribution is 2.27. The van der Waals surface area contributed by atoms with Crippen molar-refractivity contribution in [3.05, 3.63) is 47.2 Å². The number of nitrogens with zero attached hydrogens (tertiary/aromatic N) is 1. The number of carbonyl (C=O) groups excluding carboxylic acids is 1. The Morgan fingerprint density at radius 2 is 2.11 bits per heavy atom. The van der Waals surface area contributed by atoms with Crippen LogP contribution in [0, 0.1) is 0 Å². The molecule has 1 aromatic carbocycles. The van der Waals surface area contributed by atoms with Gasteiger partial charge in [0, 0.05) is 47.7 Å². The van der Waals surface area contributed by atoms with E-state index in [0.29, 0.717) is 6.54 Å². The maximum Gasteiger partial charge on any atom is 0.246 e. The van der Waals surface area contributed by atoms with Crippen molar-refractivity contribution < 1.29 is 4.79 Å². The Balaban J connectivity index is 1.95. The van der Waals surface area contributed by atoms with Gasteiger partial charge in [0.1, 0.15) is 0 Å². The largest absolute Gasteiger partial charge is 0.358 e. The monoisotopic (exact) mass is 254 g/mol. The minimum absolute atomic E-state index is 0.121. The summed E-state index contributed by atoms with van der Waals surface area (Å²) in [6.07, 6.45) is 2.63. The van der Waals surface area contributed by atoms with Gasteiger partial charge < -0.3 is 9.88 Å². The Morgan fingerprint density at radius 1 is 1.32 bits per heavy atom. The fourth-order valence-electron chi connectivity index (χ4n) is 2.69. The summed E-state index contributed by atoms with van der Waals surface area (Å²) in [6, 6.07) is 8.30. The number of hydrogen-bond donors (Lipinski definition) is 1. The van der Waals surface area contributed by atoms with Crippen molar-refractivity contribution in [2.45, 2.75) is 26.8 Å². The molecule has 0 spiro atoms. The summed E-state index contributed by atoms with van der Waals surface area (Å²) in [7, 11) is 0. The average Bonchev–Trinajstić information content (AvgIpc) is 2.75. The van der Waals surface area contributed by atoms with Gasteiger partial charge in [0.05, 0.1) is 0 Å². The number of para-hydroxylation sites is 1. The van der Waals surface area contributed by atoms with Crippen LogP contribution in [0.15, 0.2) is 35.9 Å². The smallest absolute Gasteiger partial charge is 0.246 e. The highest BCUT2D eigenvalue weighted by Gasteiger charge is 2.22. The number of amides is 1. The Morgan fingerprint density at radius 3 is 2.89 bits per heavy atom. The van der Waals surface area contributed by atoms with Gasteiger partial charge in [0.25, 0.3) is 0 Å². The zero-order valence-electron chi connectivity index (χ0n) is 11.4. The van der Waals surface area contributed by atoms with E-state index in [1.54, 1.807) is 6.08 Å². The molecule has 1 N–H and O–H groups in total. The maximum atomic E-state index is 12.1. The van der Waals surface area contributed by atoms with E-state index in [2.05, 4.69) is 17.1 Å². The topological polar surface area (TPSA) is 36.1 Å². The van der Waals surface area contributed by atoms with E-state index in [4.69, 9.17) is 0 Å². The zero-order chi connectivity index (χ0) is 13.4. The first-order chi connectivity index (χ1) is 9.15. The molecule has 1 amide bonds. The number of fused-ring (bicyclic) bond motifs is 3. The lowest BCUT2D eigenvalue weighted by Gasteiger charge is -2.26. The predicted molar refractivity (Wildman–Crippen MR) is 76.9 cm³/mol. The van der Waals surface area contributed by atoms with Crippen LogP contribution in [-0.4, -0.2) is 22.3 Å². The molecule has 0 fully saturated rings. The Hall–Kier alpha value is -2.03. The molecule has 98 valence electrons. The highest BCUT2D eigenvalue weighted by atomic mass is 16.2. The van der Waals surface area contributed by atoms with Crippen molar-refractivity contribution in [1.29, 1.82) is 0 Å².